The molecule has 0 bridgehead atoms. The van der Waals surface area contributed by atoms with E-state index in [-0.39, 0.29) is 29.8 Å². The Kier molecular flexibility index (Phi) is 10.4. The first-order valence-electron chi connectivity index (χ1n) is 12.6. The molecule has 1 aliphatic heterocycles. The van der Waals surface area contributed by atoms with E-state index in [2.05, 4.69) is 21.5 Å². The number of ether oxygens (including phenoxy) is 2. The van der Waals surface area contributed by atoms with Crippen LogP contribution in [-0.4, -0.2) is 57.2 Å². The van der Waals surface area contributed by atoms with Crippen molar-refractivity contribution < 1.29 is 23.5 Å². The predicted octanol–water partition coefficient (Wildman–Crippen LogP) is 4.99. The van der Waals surface area contributed by atoms with E-state index in [0.717, 1.165) is 37.4 Å². The summed E-state index contributed by atoms with van der Waals surface area (Å²) in [6, 6.07) is 21.6. The first-order chi connectivity index (χ1) is 18.2. The summed E-state index contributed by atoms with van der Waals surface area (Å²) in [4.78, 5) is 27.3. The number of nitrogens with two attached hydrogens (primary N) is 1. The van der Waals surface area contributed by atoms with Gasteiger partial charge in [-0.3, -0.25) is 4.90 Å². The Hall–Kier alpha value is -3.75. The average molecular weight is 522 g/mol. The van der Waals surface area contributed by atoms with Gasteiger partial charge in [-0.05, 0) is 73.5 Å². The topological polar surface area (TPSA) is 85.1 Å². The zero-order valence-corrected chi connectivity index (χ0v) is 22.4. The summed E-state index contributed by atoms with van der Waals surface area (Å²) < 4.78 is 22.4. The molecule has 202 valence electrons. The highest BCUT2D eigenvalue weighted by atomic mass is 19.1. The fraction of sp³-hybridized carbons (Fsp3) is 0.333. The van der Waals surface area contributed by atoms with Crippen LogP contribution in [0.1, 0.15) is 57.8 Å². The molecule has 0 aliphatic carbocycles. The summed E-state index contributed by atoms with van der Waals surface area (Å²) in [5, 5.41) is 0. The molecule has 0 radical (unpaired) electrons. The van der Waals surface area contributed by atoms with Crippen molar-refractivity contribution in [2.75, 3.05) is 45.3 Å². The molecule has 2 N–H and O–H groups in total. The maximum atomic E-state index is 13.1. The number of piperazine rings is 1. The van der Waals surface area contributed by atoms with E-state index < -0.39 is 0 Å². The number of hydrogen-bond acceptors (Lipinski definition) is 7. The van der Waals surface area contributed by atoms with Crippen LogP contribution in [0.4, 0.5) is 10.1 Å². The molecule has 1 fully saturated rings. The quantitative estimate of drug-likeness (QED) is 0.458. The molecule has 4 rings (SSSR count). The standard InChI is InChI=1S/C20H23FN2O2.C10H13NO2/c1-15(16-3-5-17(6-4-16)20(24)25-2)22-11-13-23(14-12-22)19-9-7-18(21)8-10-19;1-7(11)8-3-5-9(6-4-8)10(12)13-2/h3-10,15H,11-14H2,1-2H3;3-7H,11H2,1-2H3/t15-;7-/m11/s1. The number of esters is 2. The normalized spacial score (nSPS) is 15.1. The van der Waals surface area contributed by atoms with Crippen LogP contribution >= 0.6 is 0 Å². The Morgan fingerprint density at radius 1 is 0.737 bits per heavy atom. The lowest BCUT2D eigenvalue weighted by Gasteiger charge is -2.39. The molecule has 0 unspecified atom stereocenters. The number of rotatable bonds is 6. The van der Waals surface area contributed by atoms with Crippen LogP contribution in [0.25, 0.3) is 0 Å². The number of anilines is 1. The van der Waals surface area contributed by atoms with Gasteiger partial charge in [0.15, 0.2) is 0 Å². The highest BCUT2D eigenvalue weighted by molar-refractivity contribution is 5.89. The van der Waals surface area contributed by atoms with Crippen LogP contribution in [0.2, 0.25) is 0 Å². The van der Waals surface area contributed by atoms with Gasteiger partial charge in [0.2, 0.25) is 0 Å². The van der Waals surface area contributed by atoms with E-state index in [1.807, 2.05) is 55.5 Å². The Morgan fingerprint density at radius 2 is 1.18 bits per heavy atom. The minimum Gasteiger partial charge on any atom is -0.465 e. The molecular weight excluding hydrogens is 485 g/mol. The maximum absolute atomic E-state index is 13.1. The van der Waals surface area contributed by atoms with Gasteiger partial charge in [-0.25, -0.2) is 14.0 Å². The highest BCUT2D eigenvalue weighted by Crippen LogP contribution is 2.24. The van der Waals surface area contributed by atoms with Crippen LogP contribution in [0.5, 0.6) is 0 Å². The number of carbonyl (C=O) groups excluding carboxylic acids is 2. The Morgan fingerprint density at radius 3 is 1.61 bits per heavy atom. The molecule has 3 aromatic rings. The fourth-order valence-electron chi connectivity index (χ4n) is 4.29. The van der Waals surface area contributed by atoms with E-state index in [4.69, 9.17) is 10.5 Å². The summed E-state index contributed by atoms with van der Waals surface area (Å²) in [6.07, 6.45) is 0. The van der Waals surface area contributed by atoms with Crippen molar-refractivity contribution in [3.05, 3.63) is 101 Å². The van der Waals surface area contributed by atoms with Gasteiger partial charge >= 0.3 is 11.9 Å². The molecule has 0 spiro atoms. The van der Waals surface area contributed by atoms with E-state index in [0.29, 0.717) is 11.1 Å². The molecular formula is C30H36FN3O4. The number of halogens is 1. The molecule has 1 saturated heterocycles. The minimum absolute atomic E-state index is 0.00769. The zero-order valence-electron chi connectivity index (χ0n) is 22.4. The van der Waals surface area contributed by atoms with Gasteiger partial charge in [-0.15, -0.1) is 0 Å². The minimum atomic E-state index is -0.323. The molecule has 8 heteroatoms. The Labute approximate surface area is 224 Å². The molecule has 0 amide bonds. The second kappa shape index (κ2) is 13.7. The highest BCUT2D eigenvalue weighted by Gasteiger charge is 2.22. The molecule has 1 aliphatic rings. The van der Waals surface area contributed by atoms with Crippen LogP contribution in [0, 0.1) is 5.82 Å². The average Bonchev–Trinajstić information content (AvgIpc) is 2.97. The van der Waals surface area contributed by atoms with Gasteiger partial charge in [0.05, 0.1) is 25.3 Å². The van der Waals surface area contributed by atoms with Gasteiger partial charge in [0, 0.05) is 44.0 Å². The summed E-state index contributed by atoms with van der Waals surface area (Å²) in [5.41, 5.74) is 10.0. The van der Waals surface area contributed by atoms with Crippen LogP contribution in [0.15, 0.2) is 72.8 Å². The van der Waals surface area contributed by atoms with Gasteiger partial charge < -0.3 is 20.1 Å². The van der Waals surface area contributed by atoms with Gasteiger partial charge in [0.25, 0.3) is 0 Å². The maximum Gasteiger partial charge on any atom is 0.337 e. The first kappa shape index (κ1) is 28.8. The lowest BCUT2D eigenvalue weighted by Crippen LogP contribution is -2.47. The second-order valence-corrected chi connectivity index (χ2v) is 9.19. The molecule has 3 aromatic carbocycles. The zero-order chi connectivity index (χ0) is 27.7. The third-order valence-corrected chi connectivity index (χ3v) is 6.73. The van der Waals surface area contributed by atoms with Crippen LogP contribution in [0.3, 0.4) is 0 Å². The molecule has 0 aromatic heterocycles. The fourth-order valence-corrected chi connectivity index (χ4v) is 4.29. The summed E-state index contributed by atoms with van der Waals surface area (Å²) in [5.74, 6) is -0.838. The third-order valence-electron chi connectivity index (χ3n) is 6.73. The second-order valence-electron chi connectivity index (χ2n) is 9.19. The molecule has 0 saturated carbocycles. The lowest BCUT2D eigenvalue weighted by atomic mass is 10.0. The Balaban J connectivity index is 0.000000260. The van der Waals surface area contributed by atoms with Crippen molar-refractivity contribution in [2.45, 2.75) is 25.9 Å². The van der Waals surface area contributed by atoms with Crippen LogP contribution < -0.4 is 10.6 Å². The number of benzene rings is 3. The van der Waals surface area contributed by atoms with Gasteiger partial charge in [-0.1, -0.05) is 24.3 Å². The smallest absolute Gasteiger partial charge is 0.337 e. The van der Waals surface area contributed by atoms with E-state index in [1.54, 1.807) is 12.1 Å². The van der Waals surface area contributed by atoms with Crippen molar-refractivity contribution in [2.24, 2.45) is 5.73 Å². The predicted molar refractivity (Wildman–Crippen MR) is 147 cm³/mol. The number of nitrogens with zero attached hydrogens (tertiary/aromatic N) is 2. The van der Waals surface area contributed by atoms with E-state index in [9.17, 15) is 14.0 Å². The summed E-state index contributed by atoms with van der Waals surface area (Å²) in [6.45, 7) is 7.79. The largest absolute Gasteiger partial charge is 0.465 e. The van der Waals surface area contributed by atoms with E-state index >= 15 is 0 Å². The molecule has 7 nitrogen and oxygen atoms in total. The van der Waals surface area contributed by atoms with Crippen LogP contribution in [-0.2, 0) is 9.47 Å². The van der Waals surface area contributed by atoms with E-state index in [1.165, 1.54) is 31.9 Å². The van der Waals surface area contributed by atoms with Gasteiger partial charge in [-0.2, -0.15) is 0 Å². The third kappa shape index (κ3) is 7.63. The Bertz CT molecular complexity index is 1170. The summed E-state index contributed by atoms with van der Waals surface area (Å²) >= 11 is 0. The number of methoxy groups -OCH3 is 2. The molecule has 1 heterocycles. The lowest BCUT2D eigenvalue weighted by molar-refractivity contribution is 0.0592. The van der Waals surface area contributed by atoms with Crippen molar-refractivity contribution in [3.63, 3.8) is 0 Å². The van der Waals surface area contributed by atoms with Crippen molar-refractivity contribution in [1.29, 1.82) is 0 Å². The van der Waals surface area contributed by atoms with Gasteiger partial charge in [0.1, 0.15) is 5.82 Å². The SMILES string of the molecule is COC(=O)c1ccc([C@@H](C)N)cc1.COC(=O)c1ccc([C@@H](C)N2CCN(c3ccc(F)cc3)CC2)cc1. The molecule has 38 heavy (non-hydrogen) atoms. The summed E-state index contributed by atoms with van der Waals surface area (Å²) in [7, 11) is 2.75. The monoisotopic (exact) mass is 521 g/mol. The first-order valence-corrected chi connectivity index (χ1v) is 12.6. The van der Waals surface area contributed by atoms with Crippen molar-refractivity contribution in [1.82, 2.24) is 4.90 Å². The molecule has 2 atom stereocenters. The van der Waals surface area contributed by atoms with Crippen molar-refractivity contribution in [3.8, 4) is 0 Å². The van der Waals surface area contributed by atoms with Crippen molar-refractivity contribution >= 4 is 17.6 Å². The number of hydrogen-bond donors (Lipinski definition) is 1. The number of carbonyl (C=O) groups is 2.